The van der Waals surface area contributed by atoms with Gasteiger partial charge in [-0.2, -0.15) is 0 Å². The molecule has 4 aromatic rings. The molecule has 1 atom stereocenters. The Kier molecular flexibility index (Phi) is 6.16. The first-order valence-corrected chi connectivity index (χ1v) is 11.0. The third-order valence-corrected chi connectivity index (χ3v) is 5.38. The summed E-state index contributed by atoms with van der Waals surface area (Å²) in [4.78, 5) is 0. The van der Waals surface area contributed by atoms with Gasteiger partial charge in [-0.15, -0.1) is 0 Å². The molecule has 0 radical (unpaired) electrons. The quantitative estimate of drug-likeness (QED) is 0.320. The standard InChI is InChI=1S/C30H29N/c1-30(2,3)22-21-25(20-19-24-12-5-4-6-13-24)14-11-23-31-28-17-9-7-15-26(28)27-16-8-10-18-29(27)31/h4-10,12-13,15-18,25H,19-20,23H2,1-3H3/t25-/m1/s1. The number of fused-ring (bicyclic) bond motifs is 3. The van der Waals surface area contributed by atoms with Gasteiger partial charge in [-0.05, 0) is 51.3 Å². The molecule has 0 saturated heterocycles. The van der Waals surface area contributed by atoms with Crippen LogP contribution < -0.4 is 0 Å². The van der Waals surface area contributed by atoms with E-state index >= 15 is 0 Å². The summed E-state index contributed by atoms with van der Waals surface area (Å²) in [5.41, 5.74) is 3.80. The van der Waals surface area contributed by atoms with Crippen molar-refractivity contribution in [1.29, 1.82) is 0 Å². The second-order valence-corrected chi connectivity index (χ2v) is 9.04. The summed E-state index contributed by atoms with van der Waals surface area (Å²) in [7, 11) is 0. The molecule has 31 heavy (non-hydrogen) atoms. The fourth-order valence-corrected chi connectivity index (χ4v) is 3.86. The zero-order valence-electron chi connectivity index (χ0n) is 18.7. The zero-order chi connectivity index (χ0) is 21.7. The van der Waals surface area contributed by atoms with Gasteiger partial charge >= 0.3 is 0 Å². The highest BCUT2D eigenvalue weighted by Gasteiger charge is 2.09. The number of rotatable bonds is 4. The molecule has 0 amide bonds. The van der Waals surface area contributed by atoms with Gasteiger partial charge in [0.15, 0.2) is 0 Å². The molecule has 0 N–H and O–H groups in total. The SMILES string of the molecule is CC(C)(C)C#C[C@H](C#CCn1c2ccccc2c2ccccc21)CCc1ccccc1. The van der Waals surface area contributed by atoms with E-state index in [1.807, 2.05) is 0 Å². The fraction of sp³-hybridized carbons (Fsp3) is 0.267. The largest absolute Gasteiger partial charge is 0.329 e. The summed E-state index contributed by atoms with van der Waals surface area (Å²) in [5.74, 6) is 13.9. The van der Waals surface area contributed by atoms with E-state index in [-0.39, 0.29) is 11.3 Å². The summed E-state index contributed by atoms with van der Waals surface area (Å²) >= 11 is 0. The fourth-order valence-electron chi connectivity index (χ4n) is 3.86. The van der Waals surface area contributed by atoms with Crippen molar-refractivity contribution < 1.29 is 0 Å². The summed E-state index contributed by atoms with van der Waals surface area (Å²) in [5, 5.41) is 2.57. The minimum atomic E-state index is -0.0144. The van der Waals surface area contributed by atoms with Crippen LogP contribution in [0, 0.1) is 35.0 Å². The van der Waals surface area contributed by atoms with Crippen molar-refractivity contribution >= 4 is 21.8 Å². The number of aromatic nitrogens is 1. The molecule has 0 aliphatic heterocycles. The molecule has 0 fully saturated rings. The molecule has 1 heterocycles. The first kappa shape index (κ1) is 20.8. The van der Waals surface area contributed by atoms with Crippen molar-refractivity contribution in [3.8, 4) is 23.7 Å². The summed E-state index contributed by atoms with van der Waals surface area (Å²) in [6.07, 6.45) is 1.95. The van der Waals surface area contributed by atoms with Crippen molar-refractivity contribution in [3.63, 3.8) is 0 Å². The van der Waals surface area contributed by atoms with Crippen LogP contribution in [0.5, 0.6) is 0 Å². The van der Waals surface area contributed by atoms with Gasteiger partial charge in [0, 0.05) is 27.2 Å². The molecule has 0 spiro atoms. The Morgan fingerprint density at radius 2 is 1.32 bits per heavy atom. The van der Waals surface area contributed by atoms with Crippen molar-refractivity contribution in [1.82, 2.24) is 4.57 Å². The van der Waals surface area contributed by atoms with E-state index in [1.54, 1.807) is 0 Å². The third-order valence-electron chi connectivity index (χ3n) is 5.38. The average molecular weight is 404 g/mol. The van der Waals surface area contributed by atoms with Crippen LogP contribution in [0.25, 0.3) is 21.8 Å². The molecule has 0 unspecified atom stereocenters. The Hall–Kier alpha value is -3.42. The average Bonchev–Trinajstić information content (AvgIpc) is 3.09. The maximum Gasteiger partial charge on any atom is 0.0844 e. The van der Waals surface area contributed by atoms with Crippen LogP contribution >= 0.6 is 0 Å². The molecule has 4 rings (SSSR count). The van der Waals surface area contributed by atoms with E-state index in [4.69, 9.17) is 0 Å². The number of hydrogen-bond acceptors (Lipinski definition) is 0. The summed E-state index contributed by atoms with van der Waals surface area (Å²) in [6.45, 7) is 7.13. The normalized spacial score (nSPS) is 12.1. The van der Waals surface area contributed by atoms with Crippen LogP contribution in [-0.2, 0) is 13.0 Å². The lowest BCUT2D eigenvalue weighted by molar-refractivity contribution is 0.568. The van der Waals surface area contributed by atoms with Gasteiger partial charge in [0.05, 0.1) is 12.5 Å². The van der Waals surface area contributed by atoms with Gasteiger partial charge < -0.3 is 4.57 Å². The number of benzene rings is 3. The van der Waals surface area contributed by atoms with Gasteiger partial charge in [0.1, 0.15) is 0 Å². The molecule has 0 bridgehead atoms. The number of nitrogens with zero attached hydrogens (tertiary/aromatic N) is 1. The maximum absolute atomic E-state index is 3.49. The third kappa shape index (κ3) is 5.20. The molecule has 1 nitrogen and oxygen atoms in total. The lowest BCUT2D eigenvalue weighted by atomic mass is 9.94. The van der Waals surface area contributed by atoms with E-state index in [0.29, 0.717) is 6.54 Å². The van der Waals surface area contributed by atoms with Crippen molar-refractivity contribution in [2.24, 2.45) is 11.3 Å². The first-order chi connectivity index (χ1) is 15.0. The van der Waals surface area contributed by atoms with Gasteiger partial charge in [-0.25, -0.2) is 0 Å². The van der Waals surface area contributed by atoms with Crippen LogP contribution in [0.3, 0.4) is 0 Å². The van der Waals surface area contributed by atoms with E-state index in [2.05, 4.69) is 128 Å². The van der Waals surface area contributed by atoms with Gasteiger partial charge in [-0.3, -0.25) is 0 Å². The second-order valence-electron chi connectivity index (χ2n) is 9.04. The lowest BCUT2D eigenvalue weighted by Gasteiger charge is -2.09. The zero-order valence-corrected chi connectivity index (χ0v) is 18.7. The Morgan fingerprint density at radius 3 is 1.94 bits per heavy atom. The van der Waals surface area contributed by atoms with E-state index in [0.717, 1.165) is 12.8 Å². The van der Waals surface area contributed by atoms with E-state index < -0.39 is 0 Å². The Balaban J connectivity index is 1.60. The Morgan fingerprint density at radius 1 is 0.742 bits per heavy atom. The van der Waals surface area contributed by atoms with E-state index in [1.165, 1.54) is 27.4 Å². The first-order valence-electron chi connectivity index (χ1n) is 11.0. The van der Waals surface area contributed by atoms with Crippen molar-refractivity contribution in [3.05, 3.63) is 84.4 Å². The van der Waals surface area contributed by atoms with E-state index in [9.17, 15) is 0 Å². The molecule has 3 aromatic carbocycles. The van der Waals surface area contributed by atoms with Crippen molar-refractivity contribution in [2.45, 2.75) is 40.2 Å². The Labute approximate surface area is 186 Å². The van der Waals surface area contributed by atoms with Gasteiger partial charge in [-0.1, -0.05) is 90.4 Å². The number of hydrogen-bond donors (Lipinski definition) is 0. The topological polar surface area (TPSA) is 4.93 Å². The highest BCUT2D eigenvalue weighted by molar-refractivity contribution is 6.08. The smallest absolute Gasteiger partial charge is 0.0844 e. The monoisotopic (exact) mass is 403 g/mol. The molecular formula is C30H29N. The molecule has 0 aliphatic rings. The van der Waals surface area contributed by atoms with Gasteiger partial charge in [0.2, 0.25) is 0 Å². The molecule has 0 aliphatic carbocycles. The molecule has 1 heteroatoms. The summed E-state index contributed by atoms with van der Waals surface area (Å²) < 4.78 is 2.32. The number of aryl methyl sites for hydroxylation is 1. The Bertz CT molecular complexity index is 1240. The maximum atomic E-state index is 3.49. The van der Waals surface area contributed by atoms with Crippen molar-refractivity contribution in [2.75, 3.05) is 0 Å². The van der Waals surface area contributed by atoms with Crippen LogP contribution in [0.4, 0.5) is 0 Å². The van der Waals surface area contributed by atoms with Crippen LogP contribution in [0.15, 0.2) is 78.9 Å². The summed E-state index contributed by atoms with van der Waals surface area (Å²) in [6, 6.07) is 27.8. The minimum absolute atomic E-state index is 0.0144. The minimum Gasteiger partial charge on any atom is -0.329 e. The van der Waals surface area contributed by atoms with Crippen LogP contribution in [-0.4, -0.2) is 4.57 Å². The highest BCUT2D eigenvalue weighted by atomic mass is 15.0. The molecule has 0 saturated carbocycles. The van der Waals surface area contributed by atoms with Gasteiger partial charge in [0.25, 0.3) is 0 Å². The molecular weight excluding hydrogens is 374 g/mol. The second kappa shape index (κ2) is 9.16. The predicted molar refractivity (Wildman–Crippen MR) is 133 cm³/mol. The van der Waals surface area contributed by atoms with Crippen LogP contribution in [0.2, 0.25) is 0 Å². The predicted octanol–water partition coefficient (Wildman–Crippen LogP) is 7.10. The molecule has 1 aromatic heterocycles. The number of para-hydroxylation sites is 2. The lowest BCUT2D eigenvalue weighted by Crippen LogP contribution is -2.03. The van der Waals surface area contributed by atoms with Crippen LogP contribution in [0.1, 0.15) is 32.8 Å². The molecule has 154 valence electrons. The highest BCUT2D eigenvalue weighted by Crippen LogP contribution is 2.28.